The summed E-state index contributed by atoms with van der Waals surface area (Å²) in [5.41, 5.74) is 1.30. The third kappa shape index (κ3) is 4.14. The van der Waals surface area contributed by atoms with Crippen molar-refractivity contribution in [1.82, 2.24) is 15.0 Å². The van der Waals surface area contributed by atoms with E-state index in [1.54, 1.807) is 18.3 Å². The van der Waals surface area contributed by atoms with Crippen LogP contribution in [0.5, 0.6) is 0 Å². The van der Waals surface area contributed by atoms with E-state index in [0.717, 1.165) is 33.1 Å². The van der Waals surface area contributed by atoms with E-state index in [1.807, 2.05) is 30.3 Å². The monoisotopic (exact) mass is 407 g/mol. The van der Waals surface area contributed by atoms with Gasteiger partial charge in [0.25, 0.3) is 0 Å². The average molecular weight is 407 g/mol. The first-order chi connectivity index (χ1) is 14.1. The standard InChI is InChI=1S/C20H14FN5O2S/c21-15-8-6-13(7-9-15)11-23-19-18(26(27)28)20(25-12-24-19)29-16-5-1-3-14-4-2-10-22-17(14)16/h1-10,12H,11H2,(H,23,24,25). The molecule has 4 rings (SSSR count). The minimum atomic E-state index is -0.506. The van der Waals surface area contributed by atoms with Crippen molar-refractivity contribution >= 4 is 34.2 Å². The van der Waals surface area contributed by atoms with E-state index in [-0.39, 0.29) is 28.9 Å². The number of rotatable bonds is 6. The van der Waals surface area contributed by atoms with Crippen molar-refractivity contribution in [3.8, 4) is 0 Å². The molecule has 144 valence electrons. The van der Waals surface area contributed by atoms with Crippen LogP contribution in [0.3, 0.4) is 0 Å². The number of aromatic nitrogens is 3. The highest BCUT2D eigenvalue weighted by molar-refractivity contribution is 7.99. The first kappa shape index (κ1) is 18.8. The van der Waals surface area contributed by atoms with Crippen molar-refractivity contribution in [2.24, 2.45) is 0 Å². The summed E-state index contributed by atoms with van der Waals surface area (Å²) in [5.74, 6) is -0.242. The second-order valence-corrected chi connectivity index (χ2v) is 7.08. The lowest BCUT2D eigenvalue weighted by Gasteiger charge is -2.09. The fraction of sp³-hybridized carbons (Fsp3) is 0.0500. The summed E-state index contributed by atoms with van der Waals surface area (Å²) in [5, 5.41) is 15.9. The lowest BCUT2D eigenvalue weighted by Crippen LogP contribution is -2.06. The summed E-state index contributed by atoms with van der Waals surface area (Å²) in [6, 6.07) is 15.3. The third-order valence-electron chi connectivity index (χ3n) is 4.15. The van der Waals surface area contributed by atoms with Crippen molar-refractivity contribution in [2.45, 2.75) is 16.5 Å². The summed E-state index contributed by atoms with van der Waals surface area (Å²) < 4.78 is 13.1. The van der Waals surface area contributed by atoms with Gasteiger partial charge in [-0.25, -0.2) is 14.4 Å². The quantitative estimate of drug-likeness (QED) is 0.278. The van der Waals surface area contributed by atoms with Gasteiger partial charge < -0.3 is 5.32 Å². The molecule has 0 amide bonds. The molecular weight excluding hydrogens is 393 g/mol. The van der Waals surface area contributed by atoms with Crippen molar-refractivity contribution in [2.75, 3.05) is 5.32 Å². The molecule has 1 N–H and O–H groups in total. The number of hydrogen-bond donors (Lipinski definition) is 1. The highest BCUT2D eigenvalue weighted by Gasteiger charge is 2.24. The fourth-order valence-electron chi connectivity index (χ4n) is 2.78. The van der Waals surface area contributed by atoms with E-state index in [9.17, 15) is 14.5 Å². The molecule has 0 spiro atoms. The molecule has 4 aromatic rings. The van der Waals surface area contributed by atoms with E-state index in [1.165, 1.54) is 18.5 Å². The highest BCUT2D eigenvalue weighted by Crippen LogP contribution is 2.38. The minimum Gasteiger partial charge on any atom is -0.360 e. The summed E-state index contributed by atoms with van der Waals surface area (Å²) in [6.45, 7) is 0.262. The topological polar surface area (TPSA) is 93.8 Å². The van der Waals surface area contributed by atoms with Gasteiger partial charge in [0.05, 0.1) is 10.4 Å². The van der Waals surface area contributed by atoms with Crippen LogP contribution >= 0.6 is 11.8 Å². The zero-order valence-corrected chi connectivity index (χ0v) is 15.8. The summed E-state index contributed by atoms with van der Waals surface area (Å²) >= 11 is 1.16. The molecule has 2 aromatic heterocycles. The molecule has 0 bridgehead atoms. The molecule has 0 aliphatic rings. The predicted octanol–water partition coefficient (Wildman–Crippen LogP) is 4.84. The number of hydrogen-bond acceptors (Lipinski definition) is 7. The number of anilines is 1. The zero-order chi connectivity index (χ0) is 20.2. The molecule has 2 aromatic carbocycles. The molecule has 0 aliphatic carbocycles. The molecule has 2 heterocycles. The fourth-order valence-corrected chi connectivity index (χ4v) is 3.77. The van der Waals surface area contributed by atoms with Gasteiger partial charge in [0.15, 0.2) is 5.03 Å². The molecule has 0 radical (unpaired) electrons. The van der Waals surface area contributed by atoms with Gasteiger partial charge in [0.2, 0.25) is 5.82 Å². The second-order valence-electron chi connectivity index (χ2n) is 6.05. The van der Waals surface area contributed by atoms with E-state index >= 15 is 0 Å². The van der Waals surface area contributed by atoms with Crippen LogP contribution in [0, 0.1) is 15.9 Å². The third-order valence-corrected chi connectivity index (χ3v) is 5.19. The average Bonchev–Trinajstić information content (AvgIpc) is 2.73. The Morgan fingerprint density at radius 3 is 2.62 bits per heavy atom. The summed E-state index contributed by atoms with van der Waals surface area (Å²) in [6.07, 6.45) is 2.96. The second kappa shape index (κ2) is 8.19. The number of fused-ring (bicyclic) bond motifs is 1. The maximum atomic E-state index is 13.1. The first-order valence-corrected chi connectivity index (χ1v) is 9.43. The highest BCUT2D eigenvalue weighted by atomic mass is 32.2. The molecule has 0 saturated carbocycles. The Labute approximate surface area is 169 Å². The van der Waals surface area contributed by atoms with E-state index in [0.29, 0.717) is 0 Å². The predicted molar refractivity (Wildman–Crippen MR) is 108 cm³/mol. The smallest absolute Gasteiger partial charge is 0.343 e. The molecule has 0 saturated heterocycles. The maximum absolute atomic E-state index is 13.1. The van der Waals surface area contributed by atoms with Gasteiger partial charge in [-0.2, -0.15) is 0 Å². The largest absolute Gasteiger partial charge is 0.360 e. The summed E-state index contributed by atoms with van der Waals surface area (Å²) in [7, 11) is 0. The Bertz CT molecular complexity index is 1180. The van der Waals surface area contributed by atoms with Crippen LogP contribution in [0.15, 0.2) is 77.0 Å². The number of pyridine rings is 1. The van der Waals surface area contributed by atoms with Gasteiger partial charge in [0, 0.05) is 23.0 Å². The normalized spacial score (nSPS) is 10.8. The lowest BCUT2D eigenvalue weighted by molar-refractivity contribution is -0.387. The lowest BCUT2D eigenvalue weighted by atomic mass is 10.2. The molecular formula is C20H14FN5O2S. The SMILES string of the molecule is O=[N+]([O-])c1c(NCc2ccc(F)cc2)ncnc1Sc1cccc2cccnc12. The van der Waals surface area contributed by atoms with Gasteiger partial charge in [0.1, 0.15) is 12.1 Å². The molecule has 0 unspecified atom stereocenters. The number of benzene rings is 2. The van der Waals surface area contributed by atoms with Crippen LogP contribution in [0.25, 0.3) is 10.9 Å². The molecule has 7 nitrogen and oxygen atoms in total. The molecule has 0 fully saturated rings. The van der Waals surface area contributed by atoms with Crippen LogP contribution in [0.1, 0.15) is 5.56 Å². The van der Waals surface area contributed by atoms with Gasteiger partial charge in [-0.3, -0.25) is 15.1 Å². The Kier molecular flexibility index (Phi) is 5.30. The van der Waals surface area contributed by atoms with Crippen molar-refractivity contribution < 1.29 is 9.31 Å². The van der Waals surface area contributed by atoms with E-state index < -0.39 is 4.92 Å². The van der Waals surface area contributed by atoms with E-state index in [2.05, 4.69) is 20.3 Å². The number of nitrogens with zero attached hydrogens (tertiary/aromatic N) is 4. The first-order valence-electron chi connectivity index (χ1n) is 8.61. The molecule has 29 heavy (non-hydrogen) atoms. The van der Waals surface area contributed by atoms with Gasteiger partial charge >= 0.3 is 5.69 Å². The Balaban J connectivity index is 1.66. The summed E-state index contributed by atoms with van der Waals surface area (Å²) in [4.78, 5) is 24.5. The Morgan fingerprint density at radius 2 is 1.83 bits per heavy atom. The Morgan fingerprint density at radius 1 is 1.03 bits per heavy atom. The minimum absolute atomic E-state index is 0.102. The van der Waals surface area contributed by atoms with Gasteiger partial charge in [-0.1, -0.05) is 42.1 Å². The van der Waals surface area contributed by atoms with Crippen LogP contribution in [0.4, 0.5) is 15.9 Å². The molecule has 9 heteroatoms. The Hall–Kier alpha value is -3.59. The van der Waals surface area contributed by atoms with Crippen molar-refractivity contribution in [1.29, 1.82) is 0 Å². The number of para-hydroxylation sites is 1. The number of halogens is 1. The maximum Gasteiger partial charge on any atom is 0.343 e. The van der Waals surface area contributed by atoms with Crippen LogP contribution in [-0.4, -0.2) is 19.9 Å². The molecule has 0 atom stereocenters. The van der Waals surface area contributed by atoms with Crippen LogP contribution < -0.4 is 5.32 Å². The van der Waals surface area contributed by atoms with Crippen LogP contribution in [-0.2, 0) is 6.54 Å². The zero-order valence-electron chi connectivity index (χ0n) is 14.9. The van der Waals surface area contributed by atoms with Gasteiger partial charge in [-0.05, 0) is 29.8 Å². The van der Waals surface area contributed by atoms with Crippen molar-refractivity contribution in [3.63, 3.8) is 0 Å². The molecule has 0 aliphatic heterocycles. The van der Waals surface area contributed by atoms with Crippen molar-refractivity contribution in [3.05, 3.63) is 88.6 Å². The number of nitrogens with one attached hydrogen (secondary N) is 1. The van der Waals surface area contributed by atoms with Crippen LogP contribution in [0.2, 0.25) is 0 Å². The van der Waals surface area contributed by atoms with E-state index in [4.69, 9.17) is 0 Å². The van der Waals surface area contributed by atoms with Gasteiger partial charge in [-0.15, -0.1) is 0 Å². The number of nitro groups is 1.